The SMILES string of the molecule is CC1(C)N=CN2CCC21C. The Kier molecular flexibility index (Phi) is 0.859. The fraction of sp³-hybridized carbons (Fsp3) is 0.875. The van der Waals surface area contributed by atoms with Crippen molar-refractivity contribution in [3.8, 4) is 0 Å². The monoisotopic (exact) mass is 138 g/mol. The van der Waals surface area contributed by atoms with E-state index >= 15 is 0 Å². The van der Waals surface area contributed by atoms with E-state index in [1.54, 1.807) is 0 Å². The summed E-state index contributed by atoms with van der Waals surface area (Å²) in [5.41, 5.74) is 0.484. The molecule has 0 aromatic carbocycles. The zero-order valence-electron chi connectivity index (χ0n) is 6.89. The van der Waals surface area contributed by atoms with Gasteiger partial charge in [0.15, 0.2) is 0 Å². The standard InChI is InChI=1S/C8H14N2/c1-7(2)8(3)4-5-10(8)6-9-7/h6H,4-5H2,1-3H3. The maximum Gasteiger partial charge on any atom is 0.0862 e. The highest BCUT2D eigenvalue weighted by molar-refractivity contribution is 5.63. The lowest BCUT2D eigenvalue weighted by Crippen LogP contribution is -2.62. The van der Waals surface area contributed by atoms with Crippen molar-refractivity contribution in [3.05, 3.63) is 0 Å². The van der Waals surface area contributed by atoms with Gasteiger partial charge in [0.1, 0.15) is 0 Å². The van der Waals surface area contributed by atoms with Gasteiger partial charge in [0, 0.05) is 6.54 Å². The third kappa shape index (κ3) is 0.446. The summed E-state index contributed by atoms with van der Waals surface area (Å²) in [6.45, 7) is 7.91. The van der Waals surface area contributed by atoms with Crippen LogP contribution in [0.3, 0.4) is 0 Å². The molecule has 2 heterocycles. The van der Waals surface area contributed by atoms with Crippen molar-refractivity contribution in [2.24, 2.45) is 4.99 Å². The molecule has 0 aromatic heterocycles. The van der Waals surface area contributed by atoms with E-state index in [4.69, 9.17) is 0 Å². The summed E-state index contributed by atoms with van der Waals surface area (Å²) in [4.78, 5) is 6.81. The van der Waals surface area contributed by atoms with Crippen molar-refractivity contribution in [1.29, 1.82) is 0 Å². The van der Waals surface area contributed by atoms with E-state index in [-0.39, 0.29) is 5.54 Å². The minimum Gasteiger partial charge on any atom is -0.355 e. The quantitative estimate of drug-likeness (QED) is 0.492. The van der Waals surface area contributed by atoms with Crippen molar-refractivity contribution >= 4 is 6.34 Å². The maximum atomic E-state index is 4.47. The molecule has 1 saturated heterocycles. The smallest absolute Gasteiger partial charge is 0.0862 e. The molecule has 1 unspecified atom stereocenters. The zero-order chi connectivity index (χ0) is 7.41. The van der Waals surface area contributed by atoms with Gasteiger partial charge in [0.25, 0.3) is 0 Å². The van der Waals surface area contributed by atoms with Crippen molar-refractivity contribution in [3.63, 3.8) is 0 Å². The molecular weight excluding hydrogens is 124 g/mol. The second-order valence-electron chi connectivity index (χ2n) is 4.02. The second kappa shape index (κ2) is 1.39. The number of aliphatic imine (C=N–C) groups is 1. The molecule has 2 nitrogen and oxygen atoms in total. The van der Waals surface area contributed by atoms with Crippen molar-refractivity contribution in [1.82, 2.24) is 4.90 Å². The van der Waals surface area contributed by atoms with Crippen LogP contribution in [-0.2, 0) is 0 Å². The molecule has 0 saturated carbocycles. The van der Waals surface area contributed by atoms with E-state index in [1.807, 2.05) is 6.34 Å². The van der Waals surface area contributed by atoms with Gasteiger partial charge < -0.3 is 4.90 Å². The molecule has 2 heteroatoms. The molecule has 0 N–H and O–H groups in total. The predicted octanol–water partition coefficient (Wildman–Crippen LogP) is 1.27. The number of nitrogens with zero attached hydrogens (tertiary/aromatic N) is 2. The molecule has 0 aliphatic carbocycles. The molecule has 1 fully saturated rings. The highest BCUT2D eigenvalue weighted by Gasteiger charge is 2.53. The minimum atomic E-state index is 0.144. The fourth-order valence-electron chi connectivity index (χ4n) is 1.77. The summed E-state index contributed by atoms with van der Waals surface area (Å²) in [6.07, 6.45) is 3.30. The van der Waals surface area contributed by atoms with E-state index in [1.165, 1.54) is 13.0 Å². The van der Waals surface area contributed by atoms with E-state index in [2.05, 4.69) is 30.7 Å². The van der Waals surface area contributed by atoms with Gasteiger partial charge in [-0.15, -0.1) is 0 Å². The van der Waals surface area contributed by atoms with E-state index in [9.17, 15) is 0 Å². The van der Waals surface area contributed by atoms with Crippen LogP contribution < -0.4 is 0 Å². The summed E-state index contributed by atoms with van der Waals surface area (Å²) >= 11 is 0. The molecule has 2 aliphatic heterocycles. The van der Waals surface area contributed by atoms with Crippen LogP contribution in [0.25, 0.3) is 0 Å². The van der Waals surface area contributed by atoms with Crippen LogP contribution in [0.5, 0.6) is 0 Å². The normalized spacial score (nSPS) is 41.3. The Hall–Kier alpha value is -0.530. The summed E-state index contributed by atoms with van der Waals surface area (Å²) in [6, 6.07) is 0. The molecule has 2 aliphatic rings. The van der Waals surface area contributed by atoms with Crippen LogP contribution >= 0.6 is 0 Å². The molecule has 10 heavy (non-hydrogen) atoms. The highest BCUT2D eigenvalue weighted by Crippen LogP contribution is 2.44. The maximum absolute atomic E-state index is 4.47. The van der Waals surface area contributed by atoms with Gasteiger partial charge in [0.05, 0.1) is 17.4 Å². The van der Waals surface area contributed by atoms with E-state index in [0.717, 1.165) is 0 Å². The molecule has 1 atom stereocenters. The Morgan fingerprint density at radius 3 is 2.30 bits per heavy atom. The summed E-state index contributed by atoms with van der Waals surface area (Å²) in [7, 11) is 0. The van der Waals surface area contributed by atoms with Crippen LogP contribution in [0.4, 0.5) is 0 Å². The first-order valence-corrected chi connectivity index (χ1v) is 3.88. The number of fused-ring (bicyclic) bond motifs is 1. The van der Waals surface area contributed by atoms with E-state index in [0.29, 0.717) is 5.54 Å². The predicted molar refractivity (Wildman–Crippen MR) is 42.3 cm³/mol. The number of hydrogen-bond donors (Lipinski definition) is 0. The molecule has 0 bridgehead atoms. The third-order valence-corrected chi connectivity index (χ3v) is 3.31. The van der Waals surface area contributed by atoms with Gasteiger partial charge in [-0.1, -0.05) is 0 Å². The summed E-state index contributed by atoms with van der Waals surface area (Å²) in [5, 5.41) is 0. The van der Waals surface area contributed by atoms with Crippen molar-refractivity contribution in [2.45, 2.75) is 38.3 Å². The van der Waals surface area contributed by atoms with Gasteiger partial charge in [-0.3, -0.25) is 4.99 Å². The Labute approximate surface area is 61.9 Å². The van der Waals surface area contributed by atoms with Crippen LogP contribution in [0, 0.1) is 0 Å². The van der Waals surface area contributed by atoms with Gasteiger partial charge in [-0.2, -0.15) is 0 Å². The average Bonchev–Trinajstić information content (AvgIpc) is 1.93. The minimum absolute atomic E-state index is 0.144. The van der Waals surface area contributed by atoms with Crippen LogP contribution in [0.1, 0.15) is 27.2 Å². The number of rotatable bonds is 0. The van der Waals surface area contributed by atoms with Crippen LogP contribution in [0.15, 0.2) is 4.99 Å². The van der Waals surface area contributed by atoms with E-state index < -0.39 is 0 Å². The van der Waals surface area contributed by atoms with Gasteiger partial charge >= 0.3 is 0 Å². The Morgan fingerprint density at radius 1 is 1.40 bits per heavy atom. The van der Waals surface area contributed by atoms with Crippen molar-refractivity contribution < 1.29 is 0 Å². The Balaban J connectivity index is 2.35. The van der Waals surface area contributed by atoms with Crippen LogP contribution in [0.2, 0.25) is 0 Å². The average molecular weight is 138 g/mol. The molecule has 0 aromatic rings. The molecular formula is C8H14N2. The second-order valence-corrected chi connectivity index (χ2v) is 4.02. The van der Waals surface area contributed by atoms with Crippen molar-refractivity contribution in [2.75, 3.05) is 6.54 Å². The third-order valence-electron chi connectivity index (χ3n) is 3.31. The highest BCUT2D eigenvalue weighted by atomic mass is 15.3. The lowest BCUT2D eigenvalue weighted by molar-refractivity contribution is 0.0416. The molecule has 56 valence electrons. The topological polar surface area (TPSA) is 15.6 Å². The van der Waals surface area contributed by atoms with Gasteiger partial charge in [0.2, 0.25) is 0 Å². The first-order valence-electron chi connectivity index (χ1n) is 3.88. The zero-order valence-corrected chi connectivity index (χ0v) is 6.89. The molecule has 0 amide bonds. The summed E-state index contributed by atoms with van der Waals surface area (Å²) < 4.78 is 0. The Morgan fingerprint density at radius 2 is 2.10 bits per heavy atom. The van der Waals surface area contributed by atoms with Gasteiger partial charge in [-0.25, -0.2) is 0 Å². The lowest BCUT2D eigenvalue weighted by atomic mass is 9.74. The Bertz CT molecular complexity index is 195. The largest absolute Gasteiger partial charge is 0.355 e. The molecule has 0 radical (unpaired) electrons. The molecule has 0 spiro atoms. The van der Waals surface area contributed by atoms with Crippen LogP contribution in [-0.4, -0.2) is 28.9 Å². The molecule has 2 rings (SSSR count). The first-order chi connectivity index (χ1) is 4.56. The number of hydrogen-bond acceptors (Lipinski definition) is 2. The first kappa shape index (κ1) is 6.20. The summed E-state index contributed by atoms with van der Waals surface area (Å²) in [5.74, 6) is 0. The van der Waals surface area contributed by atoms with Gasteiger partial charge in [-0.05, 0) is 27.2 Å². The fourth-order valence-corrected chi connectivity index (χ4v) is 1.77. The lowest BCUT2D eigenvalue weighted by Gasteiger charge is -2.51.